The lowest BCUT2D eigenvalue weighted by Gasteiger charge is -2.26. The van der Waals surface area contributed by atoms with Gasteiger partial charge in [0, 0.05) is 49.9 Å². The van der Waals surface area contributed by atoms with Gasteiger partial charge in [0.15, 0.2) is 0 Å². The first-order chi connectivity index (χ1) is 30.2. The molecule has 2 heterocycles. The number of rotatable bonds is 7. The minimum Gasteiger partial charge on any atom is -0.455 e. The summed E-state index contributed by atoms with van der Waals surface area (Å²) in [5.74, 6) is 0. The molecule has 61 heavy (non-hydrogen) atoms. The van der Waals surface area contributed by atoms with Gasteiger partial charge in [-0.1, -0.05) is 158 Å². The monoisotopic (exact) mass is 778 g/mol. The molecule has 0 aliphatic carbocycles. The van der Waals surface area contributed by atoms with Crippen LogP contribution in [0.5, 0.6) is 0 Å². The minimum absolute atomic E-state index is 0.878. The number of hydrogen-bond donors (Lipinski definition) is 0. The minimum atomic E-state index is 0.878. The summed E-state index contributed by atoms with van der Waals surface area (Å²) in [6.07, 6.45) is 0. The van der Waals surface area contributed by atoms with E-state index in [1.54, 1.807) is 0 Å². The number of para-hydroxylation sites is 4. The third-order valence-electron chi connectivity index (χ3n) is 12.2. The van der Waals surface area contributed by atoms with Gasteiger partial charge >= 0.3 is 0 Å². The fourth-order valence-corrected chi connectivity index (χ4v) is 9.28. The Kier molecular flexibility index (Phi) is 8.17. The summed E-state index contributed by atoms with van der Waals surface area (Å²) < 4.78 is 9.22. The van der Waals surface area contributed by atoms with Gasteiger partial charge in [0.2, 0.25) is 0 Å². The van der Waals surface area contributed by atoms with Crippen molar-refractivity contribution in [3.8, 4) is 39.1 Å². The maximum Gasteiger partial charge on any atom is 0.143 e. The molecule has 286 valence electrons. The number of fused-ring (bicyclic) bond motifs is 8. The smallest absolute Gasteiger partial charge is 0.143 e. The summed E-state index contributed by atoms with van der Waals surface area (Å²) in [7, 11) is 0. The summed E-state index contributed by atoms with van der Waals surface area (Å²) in [5.41, 5.74) is 15.6. The second kappa shape index (κ2) is 14.3. The second-order valence-corrected chi connectivity index (χ2v) is 15.7. The van der Waals surface area contributed by atoms with Crippen molar-refractivity contribution in [1.29, 1.82) is 0 Å². The quantitative estimate of drug-likeness (QED) is 0.161. The Morgan fingerprint density at radius 2 is 0.902 bits per heavy atom. The van der Waals surface area contributed by atoms with E-state index in [4.69, 9.17) is 4.42 Å². The highest BCUT2D eigenvalue weighted by molar-refractivity contribution is 6.21. The molecule has 0 amide bonds. The van der Waals surface area contributed by atoms with Crippen LogP contribution in [-0.4, -0.2) is 4.57 Å². The lowest BCUT2D eigenvalue weighted by Crippen LogP contribution is -2.09. The van der Waals surface area contributed by atoms with Crippen molar-refractivity contribution in [2.45, 2.75) is 0 Å². The highest BCUT2D eigenvalue weighted by Gasteiger charge is 2.19. The molecule has 0 fully saturated rings. The molecule has 3 nitrogen and oxygen atoms in total. The van der Waals surface area contributed by atoms with E-state index in [-0.39, 0.29) is 0 Å². The van der Waals surface area contributed by atoms with Crippen molar-refractivity contribution in [2.24, 2.45) is 0 Å². The molecule has 0 aliphatic rings. The first-order valence-electron chi connectivity index (χ1n) is 20.8. The van der Waals surface area contributed by atoms with Crippen LogP contribution < -0.4 is 4.90 Å². The van der Waals surface area contributed by atoms with Crippen LogP contribution in [-0.2, 0) is 0 Å². The van der Waals surface area contributed by atoms with E-state index in [9.17, 15) is 0 Å². The van der Waals surface area contributed by atoms with E-state index < -0.39 is 0 Å². The molecule has 0 unspecified atom stereocenters. The third kappa shape index (κ3) is 5.90. The van der Waals surface area contributed by atoms with E-state index in [0.717, 1.165) is 61.2 Å². The molecule has 10 aromatic carbocycles. The summed E-state index contributed by atoms with van der Waals surface area (Å²) in [6.45, 7) is 0. The third-order valence-corrected chi connectivity index (χ3v) is 12.2. The Labute approximate surface area is 353 Å². The number of benzene rings is 10. The number of hydrogen-bond acceptors (Lipinski definition) is 2. The largest absolute Gasteiger partial charge is 0.455 e. The molecule has 3 heteroatoms. The number of furan rings is 1. The van der Waals surface area contributed by atoms with Crippen LogP contribution in [0, 0.1) is 0 Å². The fraction of sp³-hybridized carbons (Fsp3) is 0. The molecular weight excluding hydrogens is 741 g/mol. The van der Waals surface area contributed by atoms with E-state index in [1.165, 1.54) is 49.4 Å². The van der Waals surface area contributed by atoms with Crippen molar-refractivity contribution < 1.29 is 4.42 Å². The van der Waals surface area contributed by atoms with E-state index >= 15 is 0 Å². The van der Waals surface area contributed by atoms with Crippen molar-refractivity contribution in [2.75, 3.05) is 4.90 Å². The van der Waals surface area contributed by atoms with E-state index in [1.807, 2.05) is 0 Å². The van der Waals surface area contributed by atoms with Crippen molar-refractivity contribution in [3.05, 3.63) is 231 Å². The second-order valence-electron chi connectivity index (χ2n) is 15.7. The Morgan fingerprint density at radius 3 is 1.66 bits per heavy atom. The average Bonchev–Trinajstić information content (AvgIpc) is 3.89. The molecule has 0 saturated carbocycles. The summed E-state index contributed by atoms with van der Waals surface area (Å²) in [5, 5.41) is 7.00. The number of anilines is 3. The maximum absolute atomic E-state index is 6.86. The highest BCUT2D eigenvalue weighted by atomic mass is 16.3. The highest BCUT2D eigenvalue weighted by Crippen LogP contribution is 2.44. The van der Waals surface area contributed by atoms with Crippen LogP contribution >= 0.6 is 0 Å². The molecular formula is C58H38N2O. The van der Waals surface area contributed by atoms with Gasteiger partial charge in [-0.3, -0.25) is 0 Å². The summed E-state index contributed by atoms with van der Waals surface area (Å²) in [6, 6.07) is 82.7. The zero-order valence-electron chi connectivity index (χ0n) is 33.2. The van der Waals surface area contributed by atoms with Crippen LogP contribution in [0.15, 0.2) is 235 Å². The van der Waals surface area contributed by atoms with Crippen LogP contribution in [0.2, 0.25) is 0 Å². The van der Waals surface area contributed by atoms with Gasteiger partial charge in [-0.25, -0.2) is 0 Å². The molecule has 12 rings (SSSR count). The van der Waals surface area contributed by atoms with E-state index in [2.05, 4.69) is 240 Å². The Morgan fingerprint density at radius 1 is 0.344 bits per heavy atom. The van der Waals surface area contributed by atoms with Gasteiger partial charge in [0.25, 0.3) is 0 Å². The SMILES string of the molecule is c1ccc(-c2ccc(-c3ccc(N(c4ccccc4)c4ccc5ccc6oc7c(-c8ccc9c(c8)c8ccccc8n9-c8ccccc8)cccc7c6c5c4)cc3)cc2)cc1. The average molecular weight is 779 g/mol. The lowest BCUT2D eigenvalue weighted by atomic mass is 9.98. The van der Waals surface area contributed by atoms with Crippen LogP contribution in [0.1, 0.15) is 0 Å². The summed E-state index contributed by atoms with van der Waals surface area (Å²) in [4.78, 5) is 2.34. The first-order valence-corrected chi connectivity index (χ1v) is 20.8. The molecule has 0 aliphatic heterocycles. The van der Waals surface area contributed by atoms with Crippen LogP contribution in [0.4, 0.5) is 17.1 Å². The molecule has 0 radical (unpaired) electrons. The predicted molar refractivity (Wildman–Crippen MR) is 257 cm³/mol. The zero-order valence-corrected chi connectivity index (χ0v) is 33.2. The molecule has 0 atom stereocenters. The normalized spacial score (nSPS) is 11.6. The van der Waals surface area contributed by atoms with E-state index in [0.29, 0.717) is 0 Å². The first kappa shape index (κ1) is 34.9. The van der Waals surface area contributed by atoms with Gasteiger partial charge in [-0.15, -0.1) is 0 Å². The maximum atomic E-state index is 6.86. The Balaban J connectivity index is 0.961. The van der Waals surface area contributed by atoms with Gasteiger partial charge in [0.1, 0.15) is 11.2 Å². The topological polar surface area (TPSA) is 21.3 Å². The number of aromatic nitrogens is 1. The van der Waals surface area contributed by atoms with Crippen molar-refractivity contribution in [3.63, 3.8) is 0 Å². The lowest BCUT2D eigenvalue weighted by molar-refractivity contribution is 0.670. The fourth-order valence-electron chi connectivity index (χ4n) is 9.28. The molecule has 0 bridgehead atoms. The molecule has 0 N–H and O–H groups in total. The van der Waals surface area contributed by atoms with Crippen molar-refractivity contribution >= 4 is 71.6 Å². The predicted octanol–water partition coefficient (Wildman–Crippen LogP) is 16.3. The standard InChI is InChI=1S/C58H38N2O/c1-4-13-39(14-5-1)40-23-25-41(26-24-40)42-27-32-47(33-28-42)59(45-15-6-2-7-16-45)48-34-29-43-31-36-56-57(52(43)38-48)51-21-12-20-49(58(51)61-56)44-30-35-55-53(37-44)50-19-10-11-22-54(50)60(55)46-17-8-3-9-18-46/h1-38H. The molecule has 12 aromatic rings. The molecule has 0 spiro atoms. The van der Waals surface area contributed by atoms with Crippen molar-refractivity contribution in [1.82, 2.24) is 4.57 Å². The van der Waals surface area contributed by atoms with Gasteiger partial charge in [-0.05, 0) is 111 Å². The zero-order chi connectivity index (χ0) is 40.3. The molecule has 2 aromatic heterocycles. The van der Waals surface area contributed by atoms with Gasteiger partial charge in [0.05, 0.1) is 11.0 Å². The van der Waals surface area contributed by atoms with Gasteiger partial charge < -0.3 is 13.9 Å². The Bertz CT molecular complexity index is 3550. The summed E-state index contributed by atoms with van der Waals surface area (Å²) >= 11 is 0. The Hall–Kier alpha value is -8.14. The van der Waals surface area contributed by atoms with Crippen LogP contribution in [0.25, 0.3) is 93.6 Å². The van der Waals surface area contributed by atoms with Crippen LogP contribution in [0.3, 0.4) is 0 Å². The number of nitrogens with zero attached hydrogens (tertiary/aromatic N) is 2. The molecule has 0 saturated heterocycles. The van der Waals surface area contributed by atoms with Gasteiger partial charge in [-0.2, -0.15) is 0 Å².